The van der Waals surface area contributed by atoms with E-state index in [0.29, 0.717) is 26.2 Å². The third-order valence-electron chi connectivity index (χ3n) is 4.46. The average Bonchev–Trinajstić information content (AvgIpc) is 2.67. The SMILES string of the molecule is O=C(O)c1ccccc1C(=O)N1CCN(c2ccccc2CO)CC1. The molecule has 0 atom stereocenters. The number of carbonyl (C=O) groups is 2. The van der Waals surface area contributed by atoms with Crippen molar-refractivity contribution in [2.45, 2.75) is 6.61 Å². The second-order valence-corrected chi connectivity index (χ2v) is 5.92. The molecule has 2 aromatic rings. The van der Waals surface area contributed by atoms with E-state index in [2.05, 4.69) is 4.90 Å². The minimum atomic E-state index is -1.10. The Morgan fingerprint density at radius 2 is 1.48 bits per heavy atom. The normalized spacial score (nSPS) is 14.4. The van der Waals surface area contributed by atoms with Gasteiger partial charge in [0.1, 0.15) is 0 Å². The van der Waals surface area contributed by atoms with E-state index < -0.39 is 5.97 Å². The molecule has 1 fully saturated rings. The van der Waals surface area contributed by atoms with E-state index in [-0.39, 0.29) is 23.6 Å². The summed E-state index contributed by atoms with van der Waals surface area (Å²) in [7, 11) is 0. The number of carboxylic acids is 1. The fourth-order valence-electron chi connectivity index (χ4n) is 3.13. The molecule has 1 amide bonds. The first-order valence-corrected chi connectivity index (χ1v) is 8.17. The highest BCUT2D eigenvalue weighted by Gasteiger charge is 2.25. The predicted octanol–water partition coefficient (Wildman–Crippen LogP) is 1.84. The van der Waals surface area contributed by atoms with Gasteiger partial charge in [0.15, 0.2) is 0 Å². The summed E-state index contributed by atoms with van der Waals surface area (Å²) >= 11 is 0. The first-order valence-electron chi connectivity index (χ1n) is 8.17. The van der Waals surface area contributed by atoms with Crippen molar-refractivity contribution in [2.24, 2.45) is 0 Å². The zero-order valence-electron chi connectivity index (χ0n) is 13.8. The zero-order chi connectivity index (χ0) is 17.8. The summed E-state index contributed by atoms with van der Waals surface area (Å²) < 4.78 is 0. The number of carboxylic acid groups (broad SMARTS) is 1. The molecular formula is C19H20N2O4. The quantitative estimate of drug-likeness (QED) is 0.888. The topological polar surface area (TPSA) is 81.1 Å². The number of rotatable bonds is 4. The van der Waals surface area contributed by atoms with Crippen LogP contribution in [-0.4, -0.2) is 53.2 Å². The number of amides is 1. The van der Waals surface area contributed by atoms with E-state index in [4.69, 9.17) is 0 Å². The van der Waals surface area contributed by atoms with Crippen LogP contribution in [0.15, 0.2) is 48.5 Å². The summed E-state index contributed by atoms with van der Waals surface area (Å²) in [5, 5.41) is 18.7. The van der Waals surface area contributed by atoms with Crippen molar-refractivity contribution in [2.75, 3.05) is 31.1 Å². The van der Waals surface area contributed by atoms with Crippen molar-refractivity contribution in [1.29, 1.82) is 0 Å². The third-order valence-corrected chi connectivity index (χ3v) is 4.46. The van der Waals surface area contributed by atoms with Gasteiger partial charge in [-0.05, 0) is 18.2 Å². The molecule has 25 heavy (non-hydrogen) atoms. The molecule has 0 spiro atoms. The largest absolute Gasteiger partial charge is 0.478 e. The highest BCUT2D eigenvalue weighted by molar-refractivity contribution is 6.04. The van der Waals surface area contributed by atoms with Crippen molar-refractivity contribution in [3.8, 4) is 0 Å². The lowest BCUT2D eigenvalue weighted by atomic mass is 10.1. The van der Waals surface area contributed by atoms with E-state index >= 15 is 0 Å². The number of para-hydroxylation sites is 1. The van der Waals surface area contributed by atoms with Crippen LogP contribution in [0.1, 0.15) is 26.3 Å². The third kappa shape index (κ3) is 3.49. The Kier molecular flexibility index (Phi) is 5.00. The second kappa shape index (κ2) is 7.36. The second-order valence-electron chi connectivity index (χ2n) is 5.92. The smallest absolute Gasteiger partial charge is 0.336 e. The van der Waals surface area contributed by atoms with Crippen LogP contribution in [0.2, 0.25) is 0 Å². The van der Waals surface area contributed by atoms with Crippen molar-refractivity contribution in [3.63, 3.8) is 0 Å². The van der Waals surface area contributed by atoms with Gasteiger partial charge in [0.05, 0.1) is 17.7 Å². The molecule has 0 saturated carbocycles. The standard InChI is InChI=1S/C19H20N2O4/c22-13-14-5-1-4-8-17(14)20-9-11-21(12-10-20)18(23)15-6-2-3-7-16(15)19(24)25/h1-8,22H,9-13H2,(H,24,25). The number of hydrogen-bond donors (Lipinski definition) is 2. The minimum absolute atomic E-state index is 0.0265. The van der Waals surface area contributed by atoms with Gasteiger partial charge < -0.3 is 20.0 Å². The van der Waals surface area contributed by atoms with E-state index in [0.717, 1.165) is 11.3 Å². The van der Waals surface area contributed by atoms with E-state index in [9.17, 15) is 19.8 Å². The molecule has 1 heterocycles. The number of aliphatic hydroxyl groups excluding tert-OH is 1. The monoisotopic (exact) mass is 340 g/mol. The molecule has 2 aromatic carbocycles. The van der Waals surface area contributed by atoms with Gasteiger partial charge in [0.25, 0.3) is 5.91 Å². The molecular weight excluding hydrogens is 320 g/mol. The number of aromatic carboxylic acids is 1. The van der Waals surface area contributed by atoms with E-state index in [1.54, 1.807) is 23.1 Å². The molecule has 6 heteroatoms. The molecule has 0 radical (unpaired) electrons. The van der Waals surface area contributed by atoms with Gasteiger partial charge >= 0.3 is 5.97 Å². The first kappa shape index (κ1) is 17.0. The Hall–Kier alpha value is -2.86. The minimum Gasteiger partial charge on any atom is -0.478 e. The number of nitrogens with zero attached hydrogens (tertiary/aromatic N) is 2. The summed E-state index contributed by atoms with van der Waals surface area (Å²) in [6.07, 6.45) is 0. The van der Waals surface area contributed by atoms with Gasteiger partial charge in [-0.1, -0.05) is 30.3 Å². The Bertz CT molecular complexity index is 782. The van der Waals surface area contributed by atoms with E-state index in [1.165, 1.54) is 6.07 Å². The summed E-state index contributed by atoms with van der Waals surface area (Å²) in [4.78, 5) is 27.8. The Labute approximate surface area is 145 Å². The molecule has 1 aliphatic heterocycles. The molecule has 0 unspecified atom stereocenters. The van der Waals surface area contributed by atoms with Crippen LogP contribution in [0, 0.1) is 0 Å². The Balaban J connectivity index is 1.72. The fourth-order valence-corrected chi connectivity index (χ4v) is 3.13. The zero-order valence-corrected chi connectivity index (χ0v) is 13.8. The van der Waals surface area contributed by atoms with E-state index in [1.807, 2.05) is 24.3 Å². The van der Waals surface area contributed by atoms with Gasteiger partial charge in [-0.15, -0.1) is 0 Å². The molecule has 1 saturated heterocycles. The lowest BCUT2D eigenvalue weighted by Gasteiger charge is -2.37. The Morgan fingerprint density at radius 1 is 0.880 bits per heavy atom. The molecule has 0 aliphatic carbocycles. The number of hydrogen-bond acceptors (Lipinski definition) is 4. The van der Waals surface area contributed by atoms with Crippen LogP contribution in [0.25, 0.3) is 0 Å². The van der Waals surface area contributed by atoms with Crippen LogP contribution >= 0.6 is 0 Å². The van der Waals surface area contributed by atoms with Crippen LogP contribution in [0.5, 0.6) is 0 Å². The fraction of sp³-hybridized carbons (Fsp3) is 0.263. The number of anilines is 1. The molecule has 0 aromatic heterocycles. The summed E-state index contributed by atoms with van der Waals surface area (Å²) in [6, 6.07) is 13.9. The van der Waals surface area contributed by atoms with Crippen molar-refractivity contribution in [1.82, 2.24) is 4.90 Å². The highest BCUT2D eigenvalue weighted by Crippen LogP contribution is 2.22. The van der Waals surface area contributed by atoms with Crippen LogP contribution in [0.4, 0.5) is 5.69 Å². The van der Waals surface area contributed by atoms with Gasteiger partial charge in [-0.25, -0.2) is 4.79 Å². The van der Waals surface area contributed by atoms with Crippen LogP contribution in [-0.2, 0) is 6.61 Å². The predicted molar refractivity (Wildman–Crippen MR) is 93.9 cm³/mol. The maximum absolute atomic E-state index is 12.7. The van der Waals surface area contributed by atoms with Crippen LogP contribution in [0.3, 0.4) is 0 Å². The number of carbonyl (C=O) groups excluding carboxylic acids is 1. The maximum Gasteiger partial charge on any atom is 0.336 e. The van der Waals surface area contributed by atoms with Gasteiger partial charge in [0, 0.05) is 37.4 Å². The van der Waals surface area contributed by atoms with Gasteiger partial charge in [-0.3, -0.25) is 4.79 Å². The molecule has 2 N–H and O–H groups in total. The van der Waals surface area contributed by atoms with Crippen molar-refractivity contribution < 1.29 is 19.8 Å². The summed E-state index contributed by atoms with van der Waals surface area (Å²) in [5.41, 5.74) is 2.08. The van der Waals surface area contributed by atoms with Crippen molar-refractivity contribution >= 4 is 17.6 Å². The molecule has 1 aliphatic rings. The van der Waals surface area contributed by atoms with Gasteiger partial charge in [0.2, 0.25) is 0 Å². The molecule has 6 nitrogen and oxygen atoms in total. The molecule has 3 rings (SSSR count). The average molecular weight is 340 g/mol. The number of aliphatic hydroxyl groups is 1. The lowest BCUT2D eigenvalue weighted by molar-refractivity contribution is 0.0673. The molecule has 0 bridgehead atoms. The Morgan fingerprint density at radius 3 is 2.12 bits per heavy atom. The maximum atomic E-state index is 12.7. The van der Waals surface area contributed by atoms with Crippen molar-refractivity contribution in [3.05, 3.63) is 65.2 Å². The number of benzene rings is 2. The lowest BCUT2D eigenvalue weighted by Crippen LogP contribution is -2.49. The highest BCUT2D eigenvalue weighted by atomic mass is 16.4. The summed E-state index contributed by atoms with van der Waals surface area (Å²) in [6.45, 7) is 2.26. The first-order chi connectivity index (χ1) is 12.1. The molecule has 130 valence electrons. The summed E-state index contributed by atoms with van der Waals surface area (Å²) in [5.74, 6) is -1.35. The number of piperazine rings is 1. The van der Waals surface area contributed by atoms with Gasteiger partial charge in [-0.2, -0.15) is 0 Å². The van der Waals surface area contributed by atoms with Crippen LogP contribution < -0.4 is 4.90 Å².